The van der Waals surface area contributed by atoms with E-state index in [0.717, 1.165) is 13.1 Å². The number of carbonyl (C=O) groups is 1. The SMILES string of the molecule is CCOC(=O)C(=NNc1ccc([N+](=O)[O-])cc1)N1CC1. The van der Waals surface area contributed by atoms with Gasteiger partial charge in [0.15, 0.2) is 0 Å². The maximum Gasteiger partial charge on any atom is 0.375 e. The standard InChI is InChI=1S/C12H14N4O4/c1-2-20-12(17)11(15-7-8-15)14-13-9-3-5-10(6-4-9)16(18)19/h3-6,13H,2,7-8H2,1H3. The van der Waals surface area contributed by atoms with Gasteiger partial charge in [-0.2, -0.15) is 0 Å². The fourth-order valence-corrected chi connectivity index (χ4v) is 1.48. The normalized spacial score (nSPS) is 13.8. The number of carbonyl (C=O) groups excluding carboxylic acids is 1. The monoisotopic (exact) mass is 278 g/mol. The summed E-state index contributed by atoms with van der Waals surface area (Å²) in [5, 5.41) is 14.5. The van der Waals surface area contributed by atoms with Gasteiger partial charge in [0.05, 0.1) is 17.2 Å². The molecular weight excluding hydrogens is 264 g/mol. The van der Waals surface area contributed by atoms with Gasteiger partial charge in [-0.1, -0.05) is 0 Å². The van der Waals surface area contributed by atoms with Crippen molar-refractivity contribution in [3.05, 3.63) is 34.4 Å². The number of hydrogen-bond acceptors (Lipinski definition) is 6. The van der Waals surface area contributed by atoms with E-state index in [1.54, 1.807) is 11.8 Å². The highest BCUT2D eigenvalue weighted by molar-refractivity contribution is 6.35. The molecule has 1 aromatic carbocycles. The van der Waals surface area contributed by atoms with Crippen LogP contribution in [0.1, 0.15) is 6.92 Å². The predicted molar refractivity (Wildman–Crippen MR) is 72.4 cm³/mol. The highest BCUT2D eigenvalue weighted by atomic mass is 16.6. The summed E-state index contributed by atoms with van der Waals surface area (Å²) in [5.41, 5.74) is 3.25. The van der Waals surface area contributed by atoms with Crippen molar-refractivity contribution in [1.29, 1.82) is 0 Å². The minimum absolute atomic E-state index is 0.00362. The first kappa shape index (κ1) is 13.8. The summed E-state index contributed by atoms with van der Waals surface area (Å²) in [4.78, 5) is 23.5. The predicted octanol–water partition coefficient (Wildman–Crippen LogP) is 1.20. The first-order valence-corrected chi connectivity index (χ1v) is 6.12. The van der Waals surface area contributed by atoms with E-state index in [2.05, 4.69) is 10.5 Å². The molecule has 0 saturated carbocycles. The van der Waals surface area contributed by atoms with Crippen molar-refractivity contribution >= 4 is 23.2 Å². The molecule has 1 aliphatic rings. The van der Waals surface area contributed by atoms with Crippen molar-refractivity contribution in [2.45, 2.75) is 6.92 Å². The molecule has 1 aromatic rings. The van der Waals surface area contributed by atoms with Gasteiger partial charge in [-0.25, -0.2) is 4.79 Å². The van der Waals surface area contributed by atoms with Crippen LogP contribution in [0.4, 0.5) is 11.4 Å². The van der Waals surface area contributed by atoms with Crippen LogP contribution in [0.25, 0.3) is 0 Å². The number of benzene rings is 1. The number of nitro groups is 1. The summed E-state index contributed by atoms with van der Waals surface area (Å²) >= 11 is 0. The lowest BCUT2D eigenvalue weighted by Crippen LogP contribution is -2.26. The van der Waals surface area contributed by atoms with Crippen LogP contribution in [0.2, 0.25) is 0 Å². The molecule has 8 nitrogen and oxygen atoms in total. The highest BCUT2D eigenvalue weighted by Gasteiger charge is 2.29. The summed E-state index contributed by atoms with van der Waals surface area (Å²) in [6.45, 7) is 3.53. The summed E-state index contributed by atoms with van der Waals surface area (Å²) in [6.07, 6.45) is 0. The molecule has 1 aliphatic heterocycles. The number of ether oxygens (including phenoxy) is 1. The molecule has 106 valence electrons. The Morgan fingerprint density at radius 2 is 2.10 bits per heavy atom. The van der Waals surface area contributed by atoms with Crippen LogP contribution >= 0.6 is 0 Å². The second kappa shape index (κ2) is 6.00. The zero-order chi connectivity index (χ0) is 14.5. The third-order valence-corrected chi connectivity index (χ3v) is 2.57. The van der Waals surface area contributed by atoms with Gasteiger partial charge in [0.1, 0.15) is 0 Å². The number of anilines is 1. The molecule has 0 spiro atoms. The Morgan fingerprint density at radius 3 is 2.60 bits per heavy atom. The Balaban J connectivity index is 2.05. The van der Waals surface area contributed by atoms with Gasteiger partial charge in [-0.15, -0.1) is 5.10 Å². The van der Waals surface area contributed by atoms with Gasteiger partial charge in [0, 0.05) is 25.2 Å². The molecule has 0 aromatic heterocycles. The van der Waals surface area contributed by atoms with Gasteiger partial charge in [-0.3, -0.25) is 15.5 Å². The van der Waals surface area contributed by atoms with Gasteiger partial charge in [-0.05, 0) is 19.1 Å². The summed E-state index contributed by atoms with van der Waals surface area (Å²) in [6, 6.07) is 5.76. The van der Waals surface area contributed by atoms with Crippen LogP contribution in [0, 0.1) is 10.1 Å². The van der Waals surface area contributed by atoms with E-state index in [-0.39, 0.29) is 18.1 Å². The van der Waals surface area contributed by atoms with Gasteiger partial charge in [0.2, 0.25) is 5.84 Å². The first-order valence-electron chi connectivity index (χ1n) is 6.12. The number of hydrazone groups is 1. The molecule has 1 fully saturated rings. The van der Waals surface area contributed by atoms with Crippen LogP contribution in [0.15, 0.2) is 29.4 Å². The summed E-state index contributed by atoms with van der Waals surface area (Å²) < 4.78 is 4.90. The van der Waals surface area contributed by atoms with Gasteiger partial charge >= 0.3 is 5.97 Å². The van der Waals surface area contributed by atoms with E-state index < -0.39 is 10.9 Å². The average Bonchev–Trinajstić information content (AvgIpc) is 3.24. The molecule has 0 amide bonds. The molecule has 8 heteroatoms. The topological polar surface area (TPSA) is 96.8 Å². The second-order valence-corrected chi connectivity index (χ2v) is 4.06. The molecule has 20 heavy (non-hydrogen) atoms. The Labute approximate surface area is 115 Å². The number of nitro benzene ring substituents is 1. The molecule has 1 saturated heterocycles. The first-order chi connectivity index (χ1) is 9.61. The Morgan fingerprint density at radius 1 is 1.45 bits per heavy atom. The quantitative estimate of drug-likeness (QED) is 0.222. The van der Waals surface area contributed by atoms with Crippen molar-refractivity contribution in [3.63, 3.8) is 0 Å². The number of esters is 1. The Bertz CT molecular complexity index is 537. The minimum Gasteiger partial charge on any atom is -0.460 e. The van der Waals surface area contributed by atoms with Crippen molar-refractivity contribution in [2.24, 2.45) is 5.10 Å². The van der Waals surface area contributed by atoms with Crippen LogP contribution in [0.3, 0.4) is 0 Å². The lowest BCUT2D eigenvalue weighted by molar-refractivity contribution is -0.384. The van der Waals surface area contributed by atoms with E-state index in [1.807, 2.05) is 0 Å². The van der Waals surface area contributed by atoms with Gasteiger partial charge in [0.25, 0.3) is 5.69 Å². The Kier molecular flexibility index (Phi) is 4.14. The molecule has 0 aliphatic carbocycles. The second-order valence-electron chi connectivity index (χ2n) is 4.06. The number of nitrogens with one attached hydrogen (secondary N) is 1. The van der Waals surface area contributed by atoms with Crippen LogP contribution in [-0.2, 0) is 9.53 Å². The average molecular weight is 278 g/mol. The van der Waals surface area contributed by atoms with Crippen LogP contribution < -0.4 is 5.43 Å². The summed E-state index contributed by atoms with van der Waals surface area (Å²) in [5.74, 6) is -0.274. The van der Waals surface area contributed by atoms with E-state index >= 15 is 0 Å². The van der Waals surface area contributed by atoms with E-state index in [4.69, 9.17) is 4.74 Å². The third-order valence-electron chi connectivity index (χ3n) is 2.57. The van der Waals surface area contributed by atoms with Crippen LogP contribution in [0.5, 0.6) is 0 Å². The van der Waals surface area contributed by atoms with E-state index in [0.29, 0.717) is 5.69 Å². The maximum atomic E-state index is 11.7. The van der Waals surface area contributed by atoms with Crippen molar-refractivity contribution < 1.29 is 14.5 Å². The number of hydrogen-bond donors (Lipinski definition) is 1. The fourth-order valence-electron chi connectivity index (χ4n) is 1.48. The highest BCUT2D eigenvalue weighted by Crippen LogP contribution is 2.16. The number of amidine groups is 1. The number of nitrogens with zero attached hydrogens (tertiary/aromatic N) is 3. The van der Waals surface area contributed by atoms with Crippen molar-refractivity contribution in [2.75, 3.05) is 25.1 Å². The maximum absolute atomic E-state index is 11.7. The third kappa shape index (κ3) is 3.44. The van der Waals surface area contributed by atoms with Gasteiger partial charge < -0.3 is 9.64 Å². The molecule has 0 radical (unpaired) electrons. The lowest BCUT2D eigenvalue weighted by atomic mass is 10.3. The largest absolute Gasteiger partial charge is 0.460 e. The molecule has 0 unspecified atom stereocenters. The fraction of sp³-hybridized carbons (Fsp3) is 0.333. The zero-order valence-electron chi connectivity index (χ0n) is 10.9. The summed E-state index contributed by atoms with van der Waals surface area (Å²) in [7, 11) is 0. The zero-order valence-corrected chi connectivity index (χ0v) is 10.9. The number of non-ortho nitro benzene ring substituents is 1. The van der Waals surface area contributed by atoms with Crippen molar-refractivity contribution in [3.8, 4) is 0 Å². The van der Waals surface area contributed by atoms with E-state index in [9.17, 15) is 14.9 Å². The smallest absolute Gasteiger partial charge is 0.375 e. The molecule has 0 atom stereocenters. The Hall–Kier alpha value is -2.64. The molecule has 1 N–H and O–H groups in total. The van der Waals surface area contributed by atoms with E-state index in [1.165, 1.54) is 24.3 Å². The minimum atomic E-state index is -0.487. The molecular formula is C12H14N4O4. The van der Waals surface area contributed by atoms with Crippen molar-refractivity contribution in [1.82, 2.24) is 4.90 Å². The molecule has 2 rings (SSSR count). The van der Waals surface area contributed by atoms with Crippen LogP contribution in [-0.4, -0.2) is 41.3 Å². The lowest BCUT2D eigenvalue weighted by Gasteiger charge is -2.07. The molecule has 1 heterocycles. The number of rotatable bonds is 4. The molecule has 0 bridgehead atoms.